The van der Waals surface area contributed by atoms with E-state index in [-0.39, 0.29) is 0 Å². The number of hydrogen-bond donors (Lipinski definition) is 2. The molecule has 0 aliphatic rings. The van der Waals surface area contributed by atoms with Gasteiger partial charge < -0.3 is 11.1 Å². The molecule has 0 aliphatic heterocycles. The highest BCUT2D eigenvalue weighted by Gasteiger charge is 2.01. The third kappa shape index (κ3) is 2.35. The highest BCUT2D eigenvalue weighted by molar-refractivity contribution is 6.33. The number of halogens is 1. The molecular formula is C10H9ClN4. The maximum absolute atomic E-state index is 5.98. The number of nitrogens with zero attached hydrogens (tertiary/aromatic N) is 2. The summed E-state index contributed by atoms with van der Waals surface area (Å²) in [6.45, 7) is 0. The molecule has 0 amide bonds. The van der Waals surface area contributed by atoms with Crippen LogP contribution in [0, 0.1) is 0 Å². The molecule has 0 fully saturated rings. The first-order valence-electron chi connectivity index (χ1n) is 4.34. The van der Waals surface area contributed by atoms with E-state index in [0.29, 0.717) is 16.5 Å². The summed E-state index contributed by atoms with van der Waals surface area (Å²) in [6.07, 6.45) is 4.81. The molecule has 1 heterocycles. The normalized spacial score (nSPS) is 9.93. The van der Waals surface area contributed by atoms with Crippen molar-refractivity contribution in [2.75, 3.05) is 11.1 Å². The van der Waals surface area contributed by atoms with E-state index >= 15 is 0 Å². The first kappa shape index (κ1) is 9.73. The second kappa shape index (κ2) is 4.14. The van der Waals surface area contributed by atoms with Gasteiger partial charge in [-0.15, -0.1) is 0 Å². The second-order valence-corrected chi connectivity index (χ2v) is 3.36. The van der Waals surface area contributed by atoms with Gasteiger partial charge in [-0.3, -0.25) is 4.98 Å². The zero-order valence-electron chi connectivity index (χ0n) is 7.81. The number of nitrogens with two attached hydrogens (primary N) is 1. The van der Waals surface area contributed by atoms with Crippen LogP contribution < -0.4 is 11.1 Å². The SMILES string of the molecule is Nc1ccc(Cl)c(Nc2cnccn2)c1. The molecule has 0 unspecified atom stereocenters. The van der Waals surface area contributed by atoms with Crippen LogP contribution in [0.2, 0.25) is 5.02 Å². The van der Waals surface area contributed by atoms with Crippen molar-refractivity contribution in [3.8, 4) is 0 Å². The molecule has 76 valence electrons. The summed E-state index contributed by atoms with van der Waals surface area (Å²) in [7, 11) is 0. The largest absolute Gasteiger partial charge is 0.399 e. The quantitative estimate of drug-likeness (QED) is 0.764. The topological polar surface area (TPSA) is 63.8 Å². The number of rotatable bonds is 2. The van der Waals surface area contributed by atoms with E-state index in [1.165, 1.54) is 0 Å². The van der Waals surface area contributed by atoms with E-state index < -0.39 is 0 Å². The molecule has 1 aromatic carbocycles. The van der Waals surface area contributed by atoms with Gasteiger partial charge in [-0.25, -0.2) is 4.98 Å². The van der Waals surface area contributed by atoms with Gasteiger partial charge in [0.15, 0.2) is 0 Å². The Morgan fingerprint density at radius 3 is 2.87 bits per heavy atom. The smallest absolute Gasteiger partial charge is 0.148 e. The molecule has 2 aromatic rings. The maximum Gasteiger partial charge on any atom is 0.148 e. The van der Waals surface area contributed by atoms with Crippen LogP contribution in [0.15, 0.2) is 36.8 Å². The Bertz CT molecular complexity index is 458. The van der Waals surface area contributed by atoms with Crippen LogP contribution in [-0.2, 0) is 0 Å². The van der Waals surface area contributed by atoms with Gasteiger partial charge in [0, 0.05) is 18.1 Å². The zero-order chi connectivity index (χ0) is 10.7. The minimum atomic E-state index is 0.592. The van der Waals surface area contributed by atoms with Crippen molar-refractivity contribution in [3.63, 3.8) is 0 Å². The fourth-order valence-electron chi connectivity index (χ4n) is 1.14. The van der Waals surface area contributed by atoms with Gasteiger partial charge in [0.2, 0.25) is 0 Å². The summed E-state index contributed by atoms with van der Waals surface area (Å²) in [6, 6.07) is 5.22. The van der Waals surface area contributed by atoms with E-state index in [1.807, 2.05) is 0 Å². The number of benzene rings is 1. The van der Waals surface area contributed by atoms with Gasteiger partial charge in [0.1, 0.15) is 5.82 Å². The maximum atomic E-state index is 5.98. The molecule has 0 saturated heterocycles. The van der Waals surface area contributed by atoms with Gasteiger partial charge in [-0.05, 0) is 18.2 Å². The molecular weight excluding hydrogens is 212 g/mol. The van der Waals surface area contributed by atoms with Gasteiger partial charge in [0.05, 0.1) is 16.9 Å². The Balaban J connectivity index is 2.28. The number of anilines is 3. The molecule has 0 saturated carbocycles. The van der Waals surface area contributed by atoms with Crippen LogP contribution in [0.1, 0.15) is 0 Å². The molecule has 3 N–H and O–H groups in total. The molecule has 0 aliphatic carbocycles. The third-order valence-corrected chi connectivity index (χ3v) is 2.15. The van der Waals surface area contributed by atoms with Crippen LogP contribution in [0.4, 0.5) is 17.2 Å². The molecule has 5 heteroatoms. The van der Waals surface area contributed by atoms with Crippen LogP contribution in [-0.4, -0.2) is 9.97 Å². The fourth-order valence-corrected chi connectivity index (χ4v) is 1.31. The van der Waals surface area contributed by atoms with E-state index in [1.54, 1.807) is 36.8 Å². The van der Waals surface area contributed by atoms with E-state index in [0.717, 1.165) is 5.69 Å². The monoisotopic (exact) mass is 220 g/mol. The summed E-state index contributed by atoms with van der Waals surface area (Å²) >= 11 is 5.98. The number of hydrogen-bond acceptors (Lipinski definition) is 4. The van der Waals surface area contributed by atoms with E-state index in [2.05, 4.69) is 15.3 Å². The number of nitrogen functional groups attached to an aromatic ring is 1. The van der Waals surface area contributed by atoms with Crippen molar-refractivity contribution >= 4 is 28.8 Å². The lowest BCUT2D eigenvalue weighted by molar-refractivity contribution is 1.20. The van der Waals surface area contributed by atoms with Crippen molar-refractivity contribution < 1.29 is 0 Å². The molecule has 0 radical (unpaired) electrons. The molecule has 2 rings (SSSR count). The Labute approximate surface area is 92.1 Å². The second-order valence-electron chi connectivity index (χ2n) is 2.95. The molecule has 0 atom stereocenters. The number of nitrogens with one attached hydrogen (secondary N) is 1. The summed E-state index contributed by atoms with van der Waals surface area (Å²) < 4.78 is 0. The highest BCUT2D eigenvalue weighted by Crippen LogP contribution is 2.26. The van der Waals surface area contributed by atoms with Crippen LogP contribution in [0.25, 0.3) is 0 Å². The van der Waals surface area contributed by atoms with Crippen molar-refractivity contribution in [1.29, 1.82) is 0 Å². The Hall–Kier alpha value is -1.81. The van der Waals surface area contributed by atoms with Crippen LogP contribution in [0.5, 0.6) is 0 Å². The summed E-state index contributed by atoms with van der Waals surface area (Å²) in [5.41, 5.74) is 7.01. The molecule has 0 spiro atoms. The lowest BCUT2D eigenvalue weighted by atomic mass is 10.3. The Morgan fingerprint density at radius 2 is 2.13 bits per heavy atom. The van der Waals surface area contributed by atoms with Gasteiger partial charge in [-0.1, -0.05) is 11.6 Å². The fraction of sp³-hybridized carbons (Fsp3) is 0. The first-order valence-corrected chi connectivity index (χ1v) is 4.71. The van der Waals surface area contributed by atoms with Gasteiger partial charge >= 0.3 is 0 Å². The van der Waals surface area contributed by atoms with Crippen molar-refractivity contribution in [3.05, 3.63) is 41.8 Å². The first-order chi connectivity index (χ1) is 7.25. The zero-order valence-corrected chi connectivity index (χ0v) is 8.57. The minimum absolute atomic E-state index is 0.592. The average molecular weight is 221 g/mol. The van der Waals surface area contributed by atoms with Gasteiger partial charge in [-0.2, -0.15) is 0 Å². The van der Waals surface area contributed by atoms with Gasteiger partial charge in [0.25, 0.3) is 0 Å². The minimum Gasteiger partial charge on any atom is -0.399 e. The molecule has 4 nitrogen and oxygen atoms in total. The molecule has 0 bridgehead atoms. The van der Waals surface area contributed by atoms with Crippen molar-refractivity contribution in [2.45, 2.75) is 0 Å². The highest BCUT2D eigenvalue weighted by atomic mass is 35.5. The van der Waals surface area contributed by atoms with E-state index in [4.69, 9.17) is 17.3 Å². The summed E-state index contributed by atoms with van der Waals surface area (Å²) in [4.78, 5) is 8.01. The lowest BCUT2D eigenvalue weighted by Crippen LogP contribution is -1.95. The Kier molecular flexibility index (Phi) is 2.69. The summed E-state index contributed by atoms with van der Waals surface area (Å²) in [5.74, 6) is 0.630. The predicted octanol–water partition coefficient (Wildman–Crippen LogP) is 2.46. The predicted molar refractivity (Wildman–Crippen MR) is 61.2 cm³/mol. The molecule has 15 heavy (non-hydrogen) atoms. The van der Waals surface area contributed by atoms with Crippen molar-refractivity contribution in [1.82, 2.24) is 9.97 Å². The lowest BCUT2D eigenvalue weighted by Gasteiger charge is -2.07. The summed E-state index contributed by atoms with van der Waals surface area (Å²) in [5, 5.41) is 3.62. The standard InChI is InChI=1S/C10H9ClN4/c11-8-2-1-7(12)5-9(8)15-10-6-13-3-4-14-10/h1-6H,12H2,(H,14,15). The molecule has 1 aromatic heterocycles. The van der Waals surface area contributed by atoms with E-state index in [9.17, 15) is 0 Å². The average Bonchev–Trinajstić information content (AvgIpc) is 2.25. The third-order valence-electron chi connectivity index (χ3n) is 1.82. The Morgan fingerprint density at radius 1 is 1.27 bits per heavy atom. The van der Waals surface area contributed by atoms with Crippen LogP contribution in [0.3, 0.4) is 0 Å². The van der Waals surface area contributed by atoms with Crippen molar-refractivity contribution in [2.24, 2.45) is 0 Å². The number of aromatic nitrogens is 2. The van der Waals surface area contributed by atoms with Crippen LogP contribution >= 0.6 is 11.6 Å².